The SMILES string of the molecule is O=C(N[C@@H]1CCCC[C@@H]1C(=O)O)c1ccc(-c2ccc(Nc3cccc(Cl)c3)nn2)cc1. The summed E-state index contributed by atoms with van der Waals surface area (Å²) >= 11 is 6.00. The number of halogens is 1. The van der Waals surface area contributed by atoms with Crippen LogP contribution in [0.2, 0.25) is 5.02 Å². The summed E-state index contributed by atoms with van der Waals surface area (Å²) in [5.74, 6) is -1.05. The van der Waals surface area contributed by atoms with Crippen LogP contribution in [0, 0.1) is 5.92 Å². The standard InChI is InChI=1S/C24H23ClN4O3/c25-17-4-3-5-18(14-17)26-22-13-12-20(28-29-22)15-8-10-16(11-9-15)23(30)27-21-7-2-1-6-19(21)24(31)32/h3-5,8-14,19,21H,1-2,6-7H2,(H,26,29)(H,27,30)(H,31,32)/t19-,21+/m0/s1. The number of aliphatic carboxylic acids is 1. The number of aromatic nitrogens is 2. The van der Waals surface area contributed by atoms with E-state index in [-0.39, 0.29) is 11.9 Å². The van der Waals surface area contributed by atoms with Crippen LogP contribution in [0.1, 0.15) is 36.0 Å². The van der Waals surface area contributed by atoms with Crippen LogP contribution in [-0.4, -0.2) is 33.2 Å². The molecule has 0 radical (unpaired) electrons. The van der Waals surface area contributed by atoms with Crippen LogP contribution >= 0.6 is 11.6 Å². The zero-order valence-electron chi connectivity index (χ0n) is 17.3. The molecule has 1 heterocycles. The Bertz CT molecular complexity index is 1100. The summed E-state index contributed by atoms with van der Waals surface area (Å²) in [6, 6.07) is 17.7. The molecule has 2 aromatic carbocycles. The molecular formula is C24H23ClN4O3. The summed E-state index contributed by atoms with van der Waals surface area (Å²) in [5.41, 5.74) is 2.80. The van der Waals surface area contributed by atoms with E-state index in [4.69, 9.17) is 11.6 Å². The average Bonchev–Trinajstić information content (AvgIpc) is 2.80. The lowest BCUT2D eigenvalue weighted by molar-refractivity contribution is -0.143. The van der Waals surface area contributed by atoms with Crippen molar-refractivity contribution in [1.82, 2.24) is 15.5 Å². The summed E-state index contributed by atoms with van der Waals surface area (Å²) in [6.07, 6.45) is 3.09. The number of rotatable bonds is 6. The fraction of sp³-hybridized carbons (Fsp3) is 0.250. The molecule has 7 nitrogen and oxygen atoms in total. The topological polar surface area (TPSA) is 104 Å². The van der Waals surface area contributed by atoms with E-state index in [0.717, 1.165) is 24.1 Å². The molecule has 32 heavy (non-hydrogen) atoms. The fourth-order valence-corrected chi connectivity index (χ4v) is 4.10. The summed E-state index contributed by atoms with van der Waals surface area (Å²) in [7, 11) is 0. The largest absolute Gasteiger partial charge is 0.481 e. The molecule has 1 aromatic heterocycles. The zero-order valence-corrected chi connectivity index (χ0v) is 18.0. The number of hydrogen-bond acceptors (Lipinski definition) is 5. The molecule has 8 heteroatoms. The number of carboxylic acid groups (broad SMARTS) is 1. The molecular weight excluding hydrogens is 428 g/mol. The van der Waals surface area contributed by atoms with Crippen LogP contribution in [0.15, 0.2) is 60.7 Å². The van der Waals surface area contributed by atoms with Gasteiger partial charge in [-0.3, -0.25) is 9.59 Å². The molecule has 0 spiro atoms. The van der Waals surface area contributed by atoms with Gasteiger partial charge in [-0.1, -0.05) is 42.6 Å². The number of carboxylic acids is 1. The van der Waals surface area contributed by atoms with Crippen molar-refractivity contribution >= 4 is 35.0 Å². The van der Waals surface area contributed by atoms with Crippen molar-refractivity contribution in [3.8, 4) is 11.3 Å². The maximum atomic E-state index is 12.6. The van der Waals surface area contributed by atoms with E-state index in [0.29, 0.717) is 34.9 Å². The third kappa shape index (κ3) is 5.23. The van der Waals surface area contributed by atoms with Gasteiger partial charge < -0.3 is 15.7 Å². The Labute approximate surface area is 190 Å². The van der Waals surface area contributed by atoms with E-state index in [2.05, 4.69) is 20.8 Å². The molecule has 1 aliphatic carbocycles. The van der Waals surface area contributed by atoms with E-state index in [1.165, 1.54) is 0 Å². The van der Waals surface area contributed by atoms with Gasteiger partial charge in [0.25, 0.3) is 5.91 Å². The van der Waals surface area contributed by atoms with Gasteiger partial charge in [0.1, 0.15) is 0 Å². The van der Waals surface area contributed by atoms with E-state index >= 15 is 0 Å². The van der Waals surface area contributed by atoms with Crippen molar-refractivity contribution in [3.63, 3.8) is 0 Å². The van der Waals surface area contributed by atoms with E-state index in [9.17, 15) is 14.7 Å². The highest BCUT2D eigenvalue weighted by molar-refractivity contribution is 6.30. The third-order valence-corrected chi connectivity index (χ3v) is 5.84. The molecule has 4 rings (SSSR count). The number of nitrogens with one attached hydrogen (secondary N) is 2. The quantitative estimate of drug-likeness (QED) is 0.492. The second-order valence-electron chi connectivity index (χ2n) is 7.83. The van der Waals surface area contributed by atoms with Gasteiger partial charge in [0.2, 0.25) is 0 Å². The van der Waals surface area contributed by atoms with Crippen LogP contribution in [0.25, 0.3) is 11.3 Å². The normalized spacial score (nSPS) is 18.0. The highest BCUT2D eigenvalue weighted by Gasteiger charge is 2.31. The number of nitrogens with zero attached hydrogens (tertiary/aromatic N) is 2. The Kier molecular flexibility index (Phi) is 6.66. The first-order valence-electron chi connectivity index (χ1n) is 10.5. The maximum absolute atomic E-state index is 12.6. The number of carbonyl (C=O) groups is 2. The molecule has 3 aromatic rings. The summed E-state index contributed by atoms with van der Waals surface area (Å²) in [4.78, 5) is 24.1. The molecule has 0 bridgehead atoms. The van der Waals surface area contributed by atoms with E-state index in [1.807, 2.05) is 24.3 Å². The number of hydrogen-bond donors (Lipinski definition) is 3. The van der Waals surface area contributed by atoms with Crippen LogP contribution < -0.4 is 10.6 Å². The van der Waals surface area contributed by atoms with Crippen molar-refractivity contribution in [3.05, 3.63) is 71.2 Å². The molecule has 2 atom stereocenters. The highest BCUT2D eigenvalue weighted by Crippen LogP contribution is 2.25. The molecule has 0 aliphatic heterocycles. The number of anilines is 2. The van der Waals surface area contributed by atoms with Gasteiger partial charge in [-0.15, -0.1) is 10.2 Å². The second-order valence-corrected chi connectivity index (χ2v) is 8.26. The summed E-state index contributed by atoms with van der Waals surface area (Å²) in [6.45, 7) is 0. The Morgan fingerprint density at radius 1 is 0.969 bits per heavy atom. The van der Waals surface area contributed by atoms with Crippen molar-refractivity contribution in [1.29, 1.82) is 0 Å². The Balaban J connectivity index is 1.40. The lowest BCUT2D eigenvalue weighted by Gasteiger charge is -2.29. The van der Waals surface area contributed by atoms with Gasteiger partial charge >= 0.3 is 5.97 Å². The fourth-order valence-electron chi connectivity index (χ4n) is 3.91. The number of benzene rings is 2. The Morgan fingerprint density at radius 2 is 1.75 bits per heavy atom. The molecule has 1 saturated carbocycles. The second kappa shape index (κ2) is 9.78. The summed E-state index contributed by atoms with van der Waals surface area (Å²) < 4.78 is 0. The highest BCUT2D eigenvalue weighted by atomic mass is 35.5. The number of carbonyl (C=O) groups excluding carboxylic acids is 1. The predicted molar refractivity (Wildman–Crippen MR) is 123 cm³/mol. The van der Waals surface area contributed by atoms with Gasteiger partial charge in [0, 0.05) is 27.9 Å². The lowest BCUT2D eigenvalue weighted by Crippen LogP contribution is -2.45. The minimum Gasteiger partial charge on any atom is -0.481 e. The Hall–Kier alpha value is -3.45. The first-order chi connectivity index (χ1) is 15.5. The molecule has 0 saturated heterocycles. The van der Waals surface area contributed by atoms with Crippen LogP contribution in [0.3, 0.4) is 0 Å². The first-order valence-corrected chi connectivity index (χ1v) is 10.9. The summed E-state index contributed by atoms with van der Waals surface area (Å²) in [5, 5.41) is 24.5. The van der Waals surface area contributed by atoms with Gasteiger partial charge in [0.05, 0.1) is 11.6 Å². The maximum Gasteiger partial charge on any atom is 0.308 e. The minimum absolute atomic E-state index is 0.262. The van der Waals surface area contributed by atoms with Gasteiger partial charge in [-0.05, 0) is 55.3 Å². The van der Waals surface area contributed by atoms with Crippen LogP contribution in [-0.2, 0) is 4.79 Å². The van der Waals surface area contributed by atoms with Gasteiger partial charge in [0.15, 0.2) is 5.82 Å². The van der Waals surface area contributed by atoms with Gasteiger partial charge in [-0.25, -0.2) is 0 Å². The predicted octanol–water partition coefficient (Wildman–Crippen LogP) is 4.91. The van der Waals surface area contributed by atoms with Crippen molar-refractivity contribution in [2.45, 2.75) is 31.7 Å². The van der Waals surface area contributed by atoms with Crippen molar-refractivity contribution in [2.24, 2.45) is 5.92 Å². The monoisotopic (exact) mass is 450 g/mol. The van der Waals surface area contributed by atoms with Gasteiger partial charge in [-0.2, -0.15) is 0 Å². The minimum atomic E-state index is -0.850. The zero-order chi connectivity index (χ0) is 22.5. The average molecular weight is 451 g/mol. The first kappa shape index (κ1) is 21.8. The molecule has 164 valence electrons. The van der Waals surface area contributed by atoms with E-state index < -0.39 is 11.9 Å². The smallest absolute Gasteiger partial charge is 0.308 e. The van der Waals surface area contributed by atoms with Crippen molar-refractivity contribution < 1.29 is 14.7 Å². The molecule has 3 N–H and O–H groups in total. The Morgan fingerprint density at radius 3 is 2.44 bits per heavy atom. The van der Waals surface area contributed by atoms with Crippen molar-refractivity contribution in [2.75, 3.05) is 5.32 Å². The molecule has 1 amide bonds. The van der Waals surface area contributed by atoms with Crippen LogP contribution in [0.4, 0.5) is 11.5 Å². The lowest BCUT2D eigenvalue weighted by atomic mass is 9.84. The molecule has 1 aliphatic rings. The third-order valence-electron chi connectivity index (χ3n) is 5.60. The van der Waals surface area contributed by atoms with Crippen LogP contribution in [0.5, 0.6) is 0 Å². The number of amides is 1. The molecule has 0 unspecified atom stereocenters. The molecule has 1 fully saturated rings. The van der Waals surface area contributed by atoms with E-state index in [1.54, 1.807) is 36.4 Å².